The van der Waals surface area contributed by atoms with E-state index in [2.05, 4.69) is 0 Å². The molecule has 6 aromatic carbocycles. The zero-order chi connectivity index (χ0) is 44.8. The summed E-state index contributed by atoms with van der Waals surface area (Å²) >= 11 is 0. The third-order valence-electron chi connectivity index (χ3n) is 12.0. The quantitative estimate of drug-likeness (QED) is 0.0734. The Morgan fingerprint density at radius 2 is 0.864 bits per heavy atom. The Hall–Kier alpha value is -5.12. The highest BCUT2D eigenvalue weighted by molar-refractivity contribution is 5.19. The lowest BCUT2D eigenvalue weighted by molar-refractivity contribution is -0.401. The van der Waals surface area contributed by atoms with Gasteiger partial charge in [-0.1, -0.05) is 182 Å². The molecule has 6 aromatic rings. The van der Waals surface area contributed by atoms with Crippen LogP contribution in [0.4, 0.5) is 0 Å². The first-order valence-electron chi connectivity index (χ1n) is 22.7. The molecule has 3 saturated heterocycles. The molecule has 0 saturated carbocycles. The Balaban J connectivity index is 1.06. The van der Waals surface area contributed by atoms with Gasteiger partial charge in [-0.25, -0.2) is 0 Å². The van der Waals surface area contributed by atoms with Crippen molar-refractivity contribution >= 4 is 0 Å². The van der Waals surface area contributed by atoms with Gasteiger partial charge in [0.15, 0.2) is 18.9 Å². The molecule has 0 aromatic heterocycles. The number of hydrogen-bond acceptors (Lipinski definition) is 11. The zero-order valence-electron chi connectivity index (χ0n) is 37.1. The molecule has 0 aliphatic carbocycles. The van der Waals surface area contributed by atoms with E-state index in [9.17, 15) is 0 Å². The fraction of sp³-hybridized carbons (Fsp3) is 0.345. The van der Waals surface area contributed by atoms with E-state index < -0.39 is 67.7 Å². The minimum atomic E-state index is -1.04. The average Bonchev–Trinajstić information content (AvgIpc) is 3.38. The van der Waals surface area contributed by atoms with Crippen LogP contribution in [0.5, 0.6) is 0 Å². The van der Waals surface area contributed by atoms with Gasteiger partial charge in [0.2, 0.25) is 0 Å². The predicted molar refractivity (Wildman–Crippen MR) is 245 cm³/mol. The summed E-state index contributed by atoms with van der Waals surface area (Å²) < 4.78 is 74.5. The lowest BCUT2D eigenvalue weighted by Gasteiger charge is -2.51. The van der Waals surface area contributed by atoms with Crippen molar-refractivity contribution in [3.63, 3.8) is 0 Å². The van der Waals surface area contributed by atoms with Crippen molar-refractivity contribution in [2.75, 3.05) is 20.3 Å². The van der Waals surface area contributed by atoms with Crippen molar-refractivity contribution in [3.8, 4) is 0 Å². The van der Waals surface area contributed by atoms with Gasteiger partial charge in [0.25, 0.3) is 0 Å². The van der Waals surface area contributed by atoms with Crippen LogP contribution in [0.3, 0.4) is 0 Å². The van der Waals surface area contributed by atoms with Crippen LogP contribution in [-0.2, 0) is 85.1 Å². The van der Waals surface area contributed by atoms with E-state index in [0.29, 0.717) is 19.8 Å². The van der Waals surface area contributed by atoms with Gasteiger partial charge in [0.1, 0.15) is 48.8 Å². The van der Waals surface area contributed by atoms with Crippen molar-refractivity contribution in [3.05, 3.63) is 215 Å². The lowest BCUT2D eigenvalue weighted by atomic mass is 9.95. The number of hydrogen-bond donors (Lipinski definition) is 0. The molecule has 0 spiro atoms. The normalized spacial score (nSPS) is 27.5. The molecule has 344 valence electrons. The third kappa shape index (κ3) is 12.1. The number of ether oxygens (including phenoxy) is 11. The standard InChI is InChI=1S/C55H58O11/c1-56-54-52(49(59-34-41-24-12-4-13-25-41)47(58-33-40-22-10-3-11-23-40)45(63-54)37-57-32-39-20-8-2-9-21-39)66-55-51(61-36-43-28-16-6-17-29-43)50(60-35-42-26-14-5-15-27-42)48-46(64-55)38-62-53(65-48)44-30-18-7-19-31-44/h2-31,45-55H,32-38H2,1H3/t45-,46-,47-,48-,49+,50+,51+,52-,53?,54-,55+/m1/s1. The average molecular weight is 895 g/mol. The van der Waals surface area contributed by atoms with Gasteiger partial charge in [-0.2, -0.15) is 0 Å². The third-order valence-corrected chi connectivity index (χ3v) is 12.0. The molecule has 1 unspecified atom stereocenters. The van der Waals surface area contributed by atoms with Crippen LogP contribution in [0, 0.1) is 0 Å². The van der Waals surface area contributed by atoms with Crippen molar-refractivity contribution in [1.82, 2.24) is 0 Å². The summed E-state index contributed by atoms with van der Waals surface area (Å²) in [4.78, 5) is 0. The fourth-order valence-electron chi connectivity index (χ4n) is 8.63. The van der Waals surface area contributed by atoms with Gasteiger partial charge in [0.05, 0.1) is 46.2 Å². The second kappa shape index (κ2) is 23.6. The largest absolute Gasteiger partial charge is 0.374 e. The highest BCUT2D eigenvalue weighted by atomic mass is 16.8. The number of fused-ring (bicyclic) bond motifs is 1. The summed E-state index contributed by atoms with van der Waals surface area (Å²) in [6.07, 6.45) is -8.22. The van der Waals surface area contributed by atoms with E-state index in [1.807, 2.05) is 182 Å². The summed E-state index contributed by atoms with van der Waals surface area (Å²) in [5, 5.41) is 0. The molecule has 11 nitrogen and oxygen atoms in total. The van der Waals surface area contributed by atoms with Crippen molar-refractivity contribution in [1.29, 1.82) is 0 Å². The van der Waals surface area contributed by atoms with E-state index in [1.54, 1.807) is 7.11 Å². The fourth-order valence-corrected chi connectivity index (χ4v) is 8.63. The topological polar surface area (TPSA) is 102 Å². The molecule has 3 fully saturated rings. The molecule has 9 rings (SSSR count). The Morgan fingerprint density at radius 1 is 0.424 bits per heavy atom. The number of methoxy groups -OCH3 is 1. The molecule has 3 heterocycles. The van der Waals surface area contributed by atoms with Gasteiger partial charge < -0.3 is 52.1 Å². The Bertz CT molecular complexity index is 2280. The van der Waals surface area contributed by atoms with Gasteiger partial charge in [-0.3, -0.25) is 0 Å². The Morgan fingerprint density at radius 3 is 1.36 bits per heavy atom. The maximum atomic E-state index is 7.25. The van der Waals surface area contributed by atoms with Crippen molar-refractivity contribution in [2.24, 2.45) is 0 Å². The predicted octanol–water partition coefficient (Wildman–Crippen LogP) is 9.14. The first kappa shape index (κ1) is 46.0. The molecule has 3 aliphatic heterocycles. The van der Waals surface area contributed by atoms with E-state index in [4.69, 9.17) is 52.1 Å². The van der Waals surface area contributed by atoms with Crippen LogP contribution in [0.15, 0.2) is 182 Å². The molecule has 11 heteroatoms. The summed E-state index contributed by atoms with van der Waals surface area (Å²) in [7, 11) is 1.60. The van der Waals surface area contributed by atoms with Crippen molar-refractivity contribution in [2.45, 2.75) is 101 Å². The van der Waals surface area contributed by atoms with Gasteiger partial charge >= 0.3 is 0 Å². The first-order chi connectivity index (χ1) is 32.7. The molecule has 0 radical (unpaired) electrons. The second-order valence-corrected chi connectivity index (χ2v) is 16.6. The minimum Gasteiger partial charge on any atom is -0.374 e. The molecular formula is C55H58O11. The molecular weight excluding hydrogens is 837 g/mol. The molecule has 66 heavy (non-hydrogen) atoms. The van der Waals surface area contributed by atoms with Crippen LogP contribution in [-0.4, -0.2) is 81.7 Å². The van der Waals surface area contributed by atoms with Crippen LogP contribution in [0.1, 0.15) is 39.7 Å². The van der Waals surface area contributed by atoms with E-state index in [-0.39, 0.29) is 26.4 Å². The first-order valence-corrected chi connectivity index (χ1v) is 22.7. The van der Waals surface area contributed by atoms with Crippen LogP contribution in [0.25, 0.3) is 0 Å². The molecule has 0 amide bonds. The molecule has 11 atom stereocenters. The SMILES string of the molecule is CO[C@@H]1O[C@H](COCc2ccccc2)[C@@H](OCc2ccccc2)[C@H](OCc2ccccc2)[C@H]1O[C@@H]1O[C@@H]2COC(c3ccccc3)O[C@H]2[C@H](OCc2ccccc2)[C@@H]1OCc1ccccc1. The second-order valence-electron chi connectivity index (χ2n) is 16.6. The Kier molecular flexibility index (Phi) is 16.4. The monoisotopic (exact) mass is 894 g/mol. The smallest absolute Gasteiger partial charge is 0.187 e. The highest BCUT2D eigenvalue weighted by Crippen LogP contribution is 2.40. The van der Waals surface area contributed by atoms with Gasteiger partial charge in [0, 0.05) is 12.7 Å². The maximum Gasteiger partial charge on any atom is 0.187 e. The number of benzene rings is 6. The van der Waals surface area contributed by atoms with Gasteiger partial charge in [-0.05, 0) is 27.8 Å². The van der Waals surface area contributed by atoms with Gasteiger partial charge in [-0.15, -0.1) is 0 Å². The summed E-state index contributed by atoms with van der Waals surface area (Å²) in [6.45, 7) is 1.90. The van der Waals surface area contributed by atoms with Crippen LogP contribution in [0.2, 0.25) is 0 Å². The molecule has 0 N–H and O–H groups in total. The molecule has 0 bridgehead atoms. The minimum absolute atomic E-state index is 0.200. The summed E-state index contributed by atoms with van der Waals surface area (Å²) in [5.41, 5.74) is 5.89. The summed E-state index contributed by atoms with van der Waals surface area (Å²) in [6, 6.07) is 60.0. The van der Waals surface area contributed by atoms with E-state index in [1.165, 1.54) is 0 Å². The number of rotatable bonds is 20. The van der Waals surface area contributed by atoms with Crippen molar-refractivity contribution < 1.29 is 52.1 Å². The van der Waals surface area contributed by atoms with E-state index in [0.717, 1.165) is 33.4 Å². The van der Waals surface area contributed by atoms with Crippen LogP contribution < -0.4 is 0 Å². The summed E-state index contributed by atoms with van der Waals surface area (Å²) in [5.74, 6) is 0. The zero-order valence-corrected chi connectivity index (χ0v) is 37.1. The Labute approximate surface area is 387 Å². The van der Waals surface area contributed by atoms with Crippen LogP contribution >= 0.6 is 0 Å². The molecule has 3 aliphatic rings. The highest BCUT2D eigenvalue weighted by Gasteiger charge is 2.56. The lowest BCUT2D eigenvalue weighted by Crippen LogP contribution is -2.67. The van der Waals surface area contributed by atoms with E-state index >= 15 is 0 Å². The maximum absolute atomic E-state index is 7.25.